The van der Waals surface area contributed by atoms with E-state index in [1.165, 1.54) is 0 Å². The van der Waals surface area contributed by atoms with Crippen LogP contribution in [0.2, 0.25) is 0 Å². The number of aromatic nitrogens is 2. The van der Waals surface area contributed by atoms with Crippen molar-refractivity contribution < 1.29 is 4.74 Å². The van der Waals surface area contributed by atoms with Crippen molar-refractivity contribution >= 4 is 28.1 Å². The number of ether oxygens (including phenoxy) is 1. The topological polar surface area (TPSA) is 47.0 Å². The molecule has 0 saturated carbocycles. The van der Waals surface area contributed by atoms with E-state index in [-0.39, 0.29) is 0 Å². The number of fused-ring (bicyclic) bond motifs is 1. The molecule has 0 bridgehead atoms. The van der Waals surface area contributed by atoms with Gasteiger partial charge in [0, 0.05) is 18.5 Å². The molecule has 1 aliphatic rings. The van der Waals surface area contributed by atoms with Crippen LogP contribution in [0.15, 0.2) is 41.8 Å². The average molecular weight is 311 g/mol. The molecule has 1 fully saturated rings. The third-order valence-electron chi connectivity index (χ3n) is 3.87. The fraction of sp³-hybridized carbons (Fsp3) is 0.294. The number of thiophene rings is 1. The van der Waals surface area contributed by atoms with E-state index in [9.17, 15) is 0 Å². The standard InChI is InChI=1S/C17H17N3OS/c1-2-7-14-13(6-1)16(18-11-12-5-3-9-21-12)20-17(19-14)15-8-4-10-22-15/h1-2,4,6-8,10,12H,3,5,9,11H2,(H,18,19,20)/t12-/m1/s1. The molecule has 5 heteroatoms. The Hall–Kier alpha value is -1.98. The monoisotopic (exact) mass is 311 g/mol. The molecule has 1 aromatic carbocycles. The first kappa shape index (κ1) is 13.7. The molecule has 0 radical (unpaired) electrons. The highest BCUT2D eigenvalue weighted by atomic mass is 32.1. The van der Waals surface area contributed by atoms with Gasteiger partial charge in [0.15, 0.2) is 5.82 Å². The predicted molar refractivity (Wildman–Crippen MR) is 90.3 cm³/mol. The fourth-order valence-electron chi connectivity index (χ4n) is 2.74. The molecule has 3 heterocycles. The Bertz CT molecular complexity index is 767. The summed E-state index contributed by atoms with van der Waals surface area (Å²) in [6.07, 6.45) is 2.56. The van der Waals surface area contributed by atoms with Crippen LogP contribution in [0.25, 0.3) is 21.6 Å². The molecule has 1 N–H and O–H groups in total. The summed E-state index contributed by atoms with van der Waals surface area (Å²) in [5.74, 6) is 1.67. The third-order valence-corrected chi connectivity index (χ3v) is 4.73. The minimum Gasteiger partial charge on any atom is -0.376 e. The van der Waals surface area contributed by atoms with Gasteiger partial charge in [-0.1, -0.05) is 18.2 Å². The SMILES string of the molecule is c1csc(-c2nc(NC[C@H]3CCCO3)c3ccccc3n2)c1. The Morgan fingerprint density at radius 1 is 1.18 bits per heavy atom. The smallest absolute Gasteiger partial charge is 0.172 e. The number of benzene rings is 1. The Balaban J connectivity index is 1.70. The molecule has 1 atom stereocenters. The molecule has 3 aromatic rings. The van der Waals surface area contributed by atoms with Crippen LogP contribution in [-0.4, -0.2) is 29.2 Å². The van der Waals surface area contributed by atoms with Crippen LogP contribution in [-0.2, 0) is 4.74 Å². The molecule has 1 aliphatic heterocycles. The number of nitrogens with zero attached hydrogens (tertiary/aromatic N) is 2. The van der Waals surface area contributed by atoms with Crippen LogP contribution in [0.4, 0.5) is 5.82 Å². The highest BCUT2D eigenvalue weighted by Crippen LogP contribution is 2.27. The van der Waals surface area contributed by atoms with E-state index in [1.54, 1.807) is 11.3 Å². The second-order valence-electron chi connectivity index (χ2n) is 5.41. The summed E-state index contributed by atoms with van der Waals surface area (Å²) >= 11 is 1.66. The van der Waals surface area contributed by atoms with Crippen molar-refractivity contribution in [2.45, 2.75) is 18.9 Å². The quantitative estimate of drug-likeness (QED) is 0.792. The summed E-state index contributed by atoms with van der Waals surface area (Å²) in [5.41, 5.74) is 0.968. The highest BCUT2D eigenvalue weighted by Gasteiger charge is 2.16. The lowest BCUT2D eigenvalue weighted by Gasteiger charge is -2.13. The lowest BCUT2D eigenvalue weighted by molar-refractivity contribution is 0.120. The zero-order valence-electron chi connectivity index (χ0n) is 12.2. The van der Waals surface area contributed by atoms with Gasteiger partial charge in [0.25, 0.3) is 0 Å². The Morgan fingerprint density at radius 3 is 2.95 bits per heavy atom. The summed E-state index contributed by atoms with van der Waals surface area (Å²) in [4.78, 5) is 10.5. The molecule has 112 valence electrons. The highest BCUT2D eigenvalue weighted by molar-refractivity contribution is 7.13. The van der Waals surface area contributed by atoms with Crippen molar-refractivity contribution in [3.8, 4) is 10.7 Å². The molecular formula is C17H17N3OS. The summed E-state index contributed by atoms with van der Waals surface area (Å²) < 4.78 is 5.69. The van der Waals surface area contributed by atoms with Gasteiger partial charge in [-0.2, -0.15) is 0 Å². The Labute approximate surface area is 133 Å². The normalized spacial score (nSPS) is 17.9. The van der Waals surface area contributed by atoms with Crippen LogP contribution in [0.3, 0.4) is 0 Å². The minimum atomic E-state index is 0.291. The number of para-hydroxylation sites is 1. The first-order chi connectivity index (χ1) is 10.9. The van der Waals surface area contributed by atoms with Gasteiger partial charge >= 0.3 is 0 Å². The van der Waals surface area contributed by atoms with Crippen LogP contribution >= 0.6 is 11.3 Å². The van der Waals surface area contributed by atoms with Crippen molar-refractivity contribution in [3.05, 3.63) is 41.8 Å². The van der Waals surface area contributed by atoms with Crippen molar-refractivity contribution in [3.63, 3.8) is 0 Å². The van der Waals surface area contributed by atoms with E-state index in [0.717, 1.165) is 53.4 Å². The molecule has 4 rings (SSSR count). The lowest BCUT2D eigenvalue weighted by atomic mass is 10.2. The minimum absolute atomic E-state index is 0.291. The summed E-state index contributed by atoms with van der Waals surface area (Å²) in [6.45, 7) is 1.67. The van der Waals surface area contributed by atoms with Crippen molar-refractivity contribution in [1.82, 2.24) is 9.97 Å². The second kappa shape index (κ2) is 6.02. The van der Waals surface area contributed by atoms with Gasteiger partial charge in [-0.15, -0.1) is 11.3 Å². The van der Waals surface area contributed by atoms with Gasteiger partial charge in [-0.05, 0) is 36.4 Å². The first-order valence-electron chi connectivity index (χ1n) is 7.56. The van der Waals surface area contributed by atoms with E-state index in [0.29, 0.717) is 6.10 Å². The van der Waals surface area contributed by atoms with E-state index in [4.69, 9.17) is 9.72 Å². The Morgan fingerprint density at radius 2 is 2.14 bits per heavy atom. The molecule has 0 spiro atoms. The maximum Gasteiger partial charge on any atom is 0.172 e. The number of nitrogens with one attached hydrogen (secondary N) is 1. The third kappa shape index (κ3) is 2.69. The number of hydrogen-bond donors (Lipinski definition) is 1. The lowest BCUT2D eigenvalue weighted by Crippen LogP contribution is -2.19. The van der Waals surface area contributed by atoms with Gasteiger partial charge in [0.1, 0.15) is 5.82 Å². The summed E-state index contributed by atoms with van der Waals surface area (Å²) in [6, 6.07) is 12.2. The second-order valence-corrected chi connectivity index (χ2v) is 6.35. The molecule has 4 nitrogen and oxygen atoms in total. The molecular weight excluding hydrogens is 294 g/mol. The number of anilines is 1. The van der Waals surface area contributed by atoms with Gasteiger partial charge < -0.3 is 10.1 Å². The van der Waals surface area contributed by atoms with Crippen LogP contribution in [0, 0.1) is 0 Å². The molecule has 0 amide bonds. The maximum absolute atomic E-state index is 5.69. The average Bonchev–Trinajstić information content (AvgIpc) is 3.25. The van der Waals surface area contributed by atoms with Crippen LogP contribution in [0.1, 0.15) is 12.8 Å². The van der Waals surface area contributed by atoms with Gasteiger partial charge in [-0.25, -0.2) is 9.97 Å². The van der Waals surface area contributed by atoms with E-state index in [2.05, 4.69) is 22.4 Å². The molecule has 22 heavy (non-hydrogen) atoms. The summed E-state index contributed by atoms with van der Waals surface area (Å²) in [7, 11) is 0. The fourth-order valence-corrected chi connectivity index (χ4v) is 3.40. The van der Waals surface area contributed by atoms with E-state index in [1.807, 2.05) is 29.6 Å². The molecule has 1 saturated heterocycles. The number of rotatable bonds is 4. The Kier molecular flexibility index (Phi) is 3.74. The summed E-state index contributed by atoms with van der Waals surface area (Å²) in [5, 5.41) is 6.57. The van der Waals surface area contributed by atoms with Crippen molar-refractivity contribution in [1.29, 1.82) is 0 Å². The maximum atomic E-state index is 5.69. The van der Waals surface area contributed by atoms with E-state index < -0.39 is 0 Å². The largest absolute Gasteiger partial charge is 0.376 e. The van der Waals surface area contributed by atoms with Crippen molar-refractivity contribution in [2.75, 3.05) is 18.5 Å². The van der Waals surface area contributed by atoms with Gasteiger partial charge in [-0.3, -0.25) is 0 Å². The molecule has 0 unspecified atom stereocenters. The zero-order valence-corrected chi connectivity index (χ0v) is 13.0. The zero-order chi connectivity index (χ0) is 14.8. The number of hydrogen-bond acceptors (Lipinski definition) is 5. The van der Waals surface area contributed by atoms with Gasteiger partial charge in [0.05, 0.1) is 16.5 Å². The van der Waals surface area contributed by atoms with Gasteiger partial charge in [0.2, 0.25) is 0 Å². The first-order valence-corrected chi connectivity index (χ1v) is 8.44. The molecule has 2 aromatic heterocycles. The molecule has 0 aliphatic carbocycles. The van der Waals surface area contributed by atoms with Crippen molar-refractivity contribution in [2.24, 2.45) is 0 Å². The predicted octanol–water partition coefficient (Wildman–Crippen LogP) is 3.95. The van der Waals surface area contributed by atoms with Crippen LogP contribution in [0.5, 0.6) is 0 Å². The van der Waals surface area contributed by atoms with E-state index >= 15 is 0 Å². The van der Waals surface area contributed by atoms with Crippen LogP contribution < -0.4 is 5.32 Å².